The molecule has 2 rings (SSSR count). The summed E-state index contributed by atoms with van der Waals surface area (Å²) in [5.41, 5.74) is 1.54. The number of thioether (sulfide) groups is 1. The highest BCUT2D eigenvalue weighted by Crippen LogP contribution is 2.16. The number of hydrogen-bond donors (Lipinski definition) is 2. The second-order valence-corrected chi connectivity index (χ2v) is 7.02. The number of rotatable bonds is 10. The number of benzene rings is 2. The van der Waals surface area contributed by atoms with E-state index in [0.29, 0.717) is 29.3 Å². The van der Waals surface area contributed by atoms with E-state index in [0.717, 1.165) is 6.42 Å². The zero-order chi connectivity index (χ0) is 21.1. The summed E-state index contributed by atoms with van der Waals surface area (Å²) in [7, 11) is 1.57. The molecular formula is C21H24N2O5S. The maximum atomic E-state index is 12.1. The summed E-state index contributed by atoms with van der Waals surface area (Å²) < 4.78 is 10.1. The minimum Gasteiger partial charge on any atom is -0.497 e. The van der Waals surface area contributed by atoms with Crippen molar-refractivity contribution in [3.8, 4) is 5.75 Å². The van der Waals surface area contributed by atoms with Crippen LogP contribution in [0.4, 0.5) is 11.4 Å². The van der Waals surface area contributed by atoms with Gasteiger partial charge in [-0.1, -0.05) is 13.0 Å². The van der Waals surface area contributed by atoms with Gasteiger partial charge in [0, 0.05) is 11.4 Å². The van der Waals surface area contributed by atoms with Crippen molar-refractivity contribution >= 4 is 40.9 Å². The zero-order valence-electron chi connectivity index (χ0n) is 16.4. The molecular weight excluding hydrogens is 392 g/mol. The van der Waals surface area contributed by atoms with Crippen molar-refractivity contribution in [1.29, 1.82) is 0 Å². The highest BCUT2D eigenvalue weighted by atomic mass is 32.2. The Morgan fingerprint density at radius 1 is 0.931 bits per heavy atom. The Morgan fingerprint density at radius 3 is 2.21 bits per heavy atom. The molecule has 0 saturated heterocycles. The van der Waals surface area contributed by atoms with Crippen molar-refractivity contribution in [3.63, 3.8) is 0 Å². The summed E-state index contributed by atoms with van der Waals surface area (Å²) in [5.74, 6) is 0.0767. The molecule has 0 bridgehead atoms. The standard InChI is InChI=1S/C21H24N2O5S/c1-3-11-28-21(26)15-5-4-6-17(12-15)23-20(25)14-29-13-19(24)22-16-7-9-18(27-2)10-8-16/h4-10,12H,3,11,13-14H2,1-2H3,(H,22,24)(H,23,25). The molecule has 0 aliphatic carbocycles. The molecule has 2 aromatic rings. The first-order valence-electron chi connectivity index (χ1n) is 9.10. The van der Waals surface area contributed by atoms with Gasteiger partial charge < -0.3 is 20.1 Å². The Morgan fingerprint density at radius 2 is 1.59 bits per heavy atom. The topological polar surface area (TPSA) is 93.7 Å². The van der Waals surface area contributed by atoms with Gasteiger partial charge in [0.1, 0.15) is 5.75 Å². The average molecular weight is 416 g/mol. The molecule has 0 radical (unpaired) electrons. The normalized spacial score (nSPS) is 10.1. The second kappa shape index (κ2) is 11.8. The fraction of sp³-hybridized carbons (Fsp3) is 0.286. The van der Waals surface area contributed by atoms with E-state index in [1.165, 1.54) is 11.8 Å². The van der Waals surface area contributed by atoms with Gasteiger partial charge >= 0.3 is 5.97 Å². The Kier molecular flexibility index (Phi) is 9.04. The first-order chi connectivity index (χ1) is 14.0. The largest absolute Gasteiger partial charge is 0.497 e. The van der Waals surface area contributed by atoms with E-state index < -0.39 is 5.97 Å². The van der Waals surface area contributed by atoms with Crippen LogP contribution in [0.3, 0.4) is 0 Å². The van der Waals surface area contributed by atoms with Crippen LogP contribution in [-0.4, -0.2) is 43.0 Å². The lowest BCUT2D eigenvalue weighted by atomic mass is 10.2. The van der Waals surface area contributed by atoms with E-state index in [4.69, 9.17) is 9.47 Å². The van der Waals surface area contributed by atoms with Crippen LogP contribution in [-0.2, 0) is 14.3 Å². The minimum atomic E-state index is -0.424. The summed E-state index contributed by atoms with van der Waals surface area (Å²) in [4.78, 5) is 35.9. The molecule has 0 heterocycles. The van der Waals surface area contributed by atoms with Crippen molar-refractivity contribution in [3.05, 3.63) is 54.1 Å². The van der Waals surface area contributed by atoms with Gasteiger partial charge in [0.05, 0.1) is 30.8 Å². The molecule has 29 heavy (non-hydrogen) atoms. The van der Waals surface area contributed by atoms with Crippen molar-refractivity contribution in [2.24, 2.45) is 0 Å². The van der Waals surface area contributed by atoms with Crippen molar-refractivity contribution < 1.29 is 23.9 Å². The summed E-state index contributed by atoms with van der Waals surface area (Å²) in [6.45, 7) is 2.27. The number of carbonyl (C=O) groups excluding carboxylic acids is 3. The summed E-state index contributed by atoms with van der Waals surface area (Å²) in [6.07, 6.45) is 0.742. The molecule has 154 valence electrons. The SMILES string of the molecule is CCCOC(=O)c1cccc(NC(=O)CSCC(=O)Nc2ccc(OC)cc2)c1. The minimum absolute atomic E-state index is 0.112. The van der Waals surface area contributed by atoms with Gasteiger partial charge in [-0.2, -0.15) is 0 Å². The Labute approximate surface area is 174 Å². The van der Waals surface area contributed by atoms with E-state index in [1.807, 2.05) is 6.92 Å². The predicted octanol–water partition coefficient (Wildman–Crippen LogP) is 3.57. The molecule has 0 spiro atoms. The molecule has 0 unspecified atom stereocenters. The van der Waals surface area contributed by atoms with Gasteiger partial charge in [0.2, 0.25) is 11.8 Å². The molecule has 0 aliphatic rings. The molecule has 2 amide bonds. The molecule has 2 aromatic carbocycles. The van der Waals surface area contributed by atoms with Gasteiger partial charge in [-0.05, 0) is 48.9 Å². The van der Waals surface area contributed by atoms with Crippen LogP contribution < -0.4 is 15.4 Å². The maximum absolute atomic E-state index is 12.1. The zero-order valence-corrected chi connectivity index (χ0v) is 17.2. The van der Waals surface area contributed by atoms with Gasteiger partial charge in [-0.25, -0.2) is 4.79 Å². The maximum Gasteiger partial charge on any atom is 0.338 e. The van der Waals surface area contributed by atoms with Crippen molar-refractivity contribution in [2.75, 3.05) is 35.9 Å². The van der Waals surface area contributed by atoms with Crippen molar-refractivity contribution in [1.82, 2.24) is 0 Å². The quantitative estimate of drug-likeness (QED) is 0.575. The lowest BCUT2D eigenvalue weighted by molar-refractivity contribution is -0.114. The number of carbonyl (C=O) groups is 3. The van der Waals surface area contributed by atoms with Crippen LogP contribution >= 0.6 is 11.8 Å². The molecule has 8 heteroatoms. The molecule has 0 aromatic heterocycles. The molecule has 0 saturated carbocycles. The highest BCUT2D eigenvalue weighted by Gasteiger charge is 2.10. The van der Waals surface area contributed by atoms with Gasteiger partial charge in [0.25, 0.3) is 0 Å². The number of anilines is 2. The fourth-order valence-electron chi connectivity index (χ4n) is 2.31. The van der Waals surface area contributed by atoms with E-state index in [1.54, 1.807) is 55.6 Å². The first kappa shape index (κ1) is 22.3. The highest BCUT2D eigenvalue weighted by molar-refractivity contribution is 8.00. The number of hydrogen-bond acceptors (Lipinski definition) is 6. The first-order valence-corrected chi connectivity index (χ1v) is 10.3. The predicted molar refractivity (Wildman–Crippen MR) is 115 cm³/mol. The summed E-state index contributed by atoms with van der Waals surface area (Å²) in [5, 5.41) is 5.47. The van der Waals surface area contributed by atoms with E-state index >= 15 is 0 Å². The van der Waals surface area contributed by atoms with Gasteiger partial charge in [0.15, 0.2) is 0 Å². The van der Waals surface area contributed by atoms with E-state index in [-0.39, 0.29) is 23.3 Å². The van der Waals surface area contributed by atoms with Gasteiger partial charge in [-0.3, -0.25) is 9.59 Å². The third-order valence-electron chi connectivity index (χ3n) is 3.66. The fourth-order valence-corrected chi connectivity index (χ4v) is 2.92. The molecule has 7 nitrogen and oxygen atoms in total. The number of esters is 1. The Hall–Kier alpha value is -3.00. The monoisotopic (exact) mass is 416 g/mol. The summed E-state index contributed by atoms with van der Waals surface area (Å²) >= 11 is 1.20. The number of nitrogens with one attached hydrogen (secondary N) is 2. The van der Waals surface area contributed by atoms with Crippen molar-refractivity contribution in [2.45, 2.75) is 13.3 Å². The smallest absolute Gasteiger partial charge is 0.338 e. The van der Waals surface area contributed by atoms with Crippen LogP contribution in [0.15, 0.2) is 48.5 Å². The lowest BCUT2D eigenvalue weighted by Gasteiger charge is -2.08. The third-order valence-corrected chi connectivity index (χ3v) is 4.59. The van der Waals surface area contributed by atoms with Crippen LogP contribution in [0, 0.1) is 0 Å². The van der Waals surface area contributed by atoms with Crippen LogP contribution in [0.25, 0.3) is 0 Å². The summed E-state index contributed by atoms with van der Waals surface area (Å²) in [6, 6.07) is 13.6. The average Bonchev–Trinajstić information content (AvgIpc) is 2.72. The Bertz CT molecular complexity index is 839. The van der Waals surface area contributed by atoms with Crippen LogP contribution in [0.1, 0.15) is 23.7 Å². The van der Waals surface area contributed by atoms with Crippen LogP contribution in [0.5, 0.6) is 5.75 Å². The Balaban J connectivity index is 1.75. The molecule has 2 N–H and O–H groups in total. The number of methoxy groups -OCH3 is 1. The number of ether oxygens (including phenoxy) is 2. The van der Waals surface area contributed by atoms with E-state index in [9.17, 15) is 14.4 Å². The van der Waals surface area contributed by atoms with Crippen LogP contribution in [0.2, 0.25) is 0 Å². The van der Waals surface area contributed by atoms with Gasteiger partial charge in [-0.15, -0.1) is 11.8 Å². The second-order valence-electron chi connectivity index (χ2n) is 6.03. The molecule has 0 atom stereocenters. The lowest BCUT2D eigenvalue weighted by Crippen LogP contribution is -2.18. The third kappa shape index (κ3) is 7.87. The van der Waals surface area contributed by atoms with E-state index in [2.05, 4.69) is 10.6 Å². The molecule has 0 fully saturated rings. The molecule has 0 aliphatic heterocycles. The number of amides is 2.